The summed E-state index contributed by atoms with van der Waals surface area (Å²) in [7, 11) is 0. The number of nitrogens with one attached hydrogen (secondary N) is 1. The number of carbonyl (C=O) groups excluding carboxylic acids is 1. The van der Waals surface area contributed by atoms with Gasteiger partial charge in [0.2, 0.25) is 0 Å². The Balaban J connectivity index is 1.54. The van der Waals surface area contributed by atoms with Gasteiger partial charge in [0.1, 0.15) is 16.9 Å². The smallest absolute Gasteiger partial charge is 0.317 e. The van der Waals surface area contributed by atoms with Gasteiger partial charge in [0.15, 0.2) is 0 Å². The molecule has 1 atom stereocenters. The van der Waals surface area contributed by atoms with Crippen LogP contribution in [0.25, 0.3) is 0 Å². The van der Waals surface area contributed by atoms with Crippen molar-refractivity contribution in [1.82, 2.24) is 24.8 Å². The quantitative estimate of drug-likeness (QED) is 0.899. The van der Waals surface area contributed by atoms with Crippen molar-refractivity contribution in [2.45, 2.75) is 33.0 Å². The van der Waals surface area contributed by atoms with E-state index in [2.05, 4.69) is 33.7 Å². The largest absolute Gasteiger partial charge is 0.367 e. The fourth-order valence-electron chi connectivity index (χ4n) is 2.71. The number of amides is 2. The molecule has 0 unspecified atom stereocenters. The monoisotopic (exact) mass is 349 g/mol. The van der Waals surface area contributed by atoms with E-state index in [-0.39, 0.29) is 12.1 Å². The lowest BCUT2D eigenvalue weighted by molar-refractivity contribution is -0.0155. The molecule has 0 radical (unpaired) electrons. The van der Waals surface area contributed by atoms with E-state index in [4.69, 9.17) is 4.74 Å². The number of thiazole rings is 1. The summed E-state index contributed by atoms with van der Waals surface area (Å²) >= 11 is 1.55. The van der Waals surface area contributed by atoms with Crippen molar-refractivity contribution in [1.29, 1.82) is 0 Å². The molecule has 1 fully saturated rings. The van der Waals surface area contributed by atoms with Crippen molar-refractivity contribution >= 4 is 17.4 Å². The van der Waals surface area contributed by atoms with Crippen molar-refractivity contribution in [2.24, 2.45) is 5.92 Å². The first-order chi connectivity index (χ1) is 11.6. The predicted molar refractivity (Wildman–Crippen MR) is 91.7 cm³/mol. The third-order valence-electron chi connectivity index (χ3n) is 3.84. The molecule has 8 heteroatoms. The molecule has 0 saturated carbocycles. The van der Waals surface area contributed by atoms with Gasteiger partial charge in [-0.2, -0.15) is 0 Å². The van der Waals surface area contributed by atoms with Gasteiger partial charge in [0.25, 0.3) is 0 Å². The van der Waals surface area contributed by atoms with Crippen LogP contribution in [0.4, 0.5) is 4.79 Å². The number of hydrogen-bond donors (Lipinski definition) is 1. The van der Waals surface area contributed by atoms with Gasteiger partial charge in [-0.15, -0.1) is 11.3 Å². The number of carbonyl (C=O) groups is 1. The highest BCUT2D eigenvalue weighted by molar-refractivity contribution is 7.09. The SMILES string of the molecule is CC(C)Cn1ccnc1CNC(=O)N1CCO[C@@H](c2nccs2)C1. The molecule has 3 heterocycles. The van der Waals surface area contributed by atoms with Crippen molar-refractivity contribution in [2.75, 3.05) is 19.7 Å². The molecule has 2 aromatic rings. The van der Waals surface area contributed by atoms with Gasteiger partial charge in [0.05, 0.1) is 19.7 Å². The van der Waals surface area contributed by atoms with Crippen LogP contribution in [-0.4, -0.2) is 45.2 Å². The van der Waals surface area contributed by atoms with Crippen LogP contribution in [0.5, 0.6) is 0 Å². The molecule has 1 saturated heterocycles. The zero-order valence-electron chi connectivity index (χ0n) is 14.0. The predicted octanol–water partition coefficient (Wildman–Crippen LogP) is 2.28. The number of hydrogen-bond acceptors (Lipinski definition) is 5. The maximum atomic E-state index is 12.4. The molecule has 2 amide bonds. The molecule has 1 aliphatic rings. The Hall–Kier alpha value is -1.93. The first-order valence-corrected chi connectivity index (χ1v) is 9.05. The standard InChI is InChI=1S/C16H23N5O2S/c1-12(2)10-20-5-3-17-14(20)9-19-16(22)21-6-7-23-13(11-21)15-18-4-8-24-15/h3-5,8,12-13H,6-7,9-11H2,1-2H3,(H,19,22)/t13-/m1/s1. The Labute approximate surface area is 145 Å². The highest BCUT2D eigenvalue weighted by Gasteiger charge is 2.26. The van der Waals surface area contributed by atoms with Crippen molar-refractivity contribution < 1.29 is 9.53 Å². The minimum absolute atomic E-state index is 0.0843. The third-order valence-corrected chi connectivity index (χ3v) is 4.71. The molecule has 7 nitrogen and oxygen atoms in total. The number of rotatable bonds is 5. The first-order valence-electron chi connectivity index (χ1n) is 8.17. The maximum absolute atomic E-state index is 12.4. The summed E-state index contributed by atoms with van der Waals surface area (Å²) in [5.74, 6) is 1.41. The fraction of sp³-hybridized carbons (Fsp3) is 0.562. The fourth-order valence-corrected chi connectivity index (χ4v) is 3.39. The second-order valence-electron chi connectivity index (χ2n) is 6.22. The summed E-state index contributed by atoms with van der Waals surface area (Å²) in [4.78, 5) is 22.9. The van der Waals surface area contributed by atoms with Crippen LogP contribution in [0.15, 0.2) is 24.0 Å². The molecule has 24 heavy (non-hydrogen) atoms. The van der Waals surface area contributed by atoms with E-state index < -0.39 is 0 Å². The van der Waals surface area contributed by atoms with Gasteiger partial charge < -0.3 is 19.5 Å². The van der Waals surface area contributed by atoms with Crippen molar-refractivity contribution in [3.63, 3.8) is 0 Å². The number of nitrogens with zero attached hydrogens (tertiary/aromatic N) is 4. The molecule has 1 N–H and O–H groups in total. The third kappa shape index (κ3) is 4.12. The lowest BCUT2D eigenvalue weighted by Crippen LogP contribution is -2.47. The Bertz CT molecular complexity index is 655. The average Bonchev–Trinajstić information content (AvgIpc) is 3.24. The van der Waals surface area contributed by atoms with Crippen molar-refractivity contribution in [3.8, 4) is 0 Å². The number of morpholine rings is 1. The zero-order chi connectivity index (χ0) is 16.9. The summed E-state index contributed by atoms with van der Waals surface area (Å²) in [6.07, 6.45) is 5.36. The van der Waals surface area contributed by atoms with Gasteiger partial charge in [-0.05, 0) is 5.92 Å². The summed E-state index contributed by atoms with van der Waals surface area (Å²) in [6, 6.07) is -0.0843. The lowest BCUT2D eigenvalue weighted by Gasteiger charge is -2.32. The molecular weight excluding hydrogens is 326 g/mol. The topological polar surface area (TPSA) is 72.3 Å². The number of aromatic nitrogens is 3. The molecule has 3 rings (SSSR count). The van der Waals surface area contributed by atoms with E-state index in [9.17, 15) is 4.79 Å². The Kier molecular flexibility index (Phi) is 5.47. The summed E-state index contributed by atoms with van der Waals surface area (Å²) in [6.45, 7) is 7.30. The highest BCUT2D eigenvalue weighted by atomic mass is 32.1. The van der Waals surface area contributed by atoms with Crippen LogP contribution in [0.2, 0.25) is 0 Å². The summed E-state index contributed by atoms with van der Waals surface area (Å²) in [5, 5.41) is 5.80. The molecule has 0 bridgehead atoms. The molecule has 0 spiro atoms. The minimum atomic E-state index is -0.132. The van der Waals surface area contributed by atoms with Crippen LogP contribution in [0.1, 0.15) is 30.8 Å². The molecule has 0 aliphatic carbocycles. The Morgan fingerprint density at radius 1 is 1.46 bits per heavy atom. The van der Waals surface area contributed by atoms with Crippen LogP contribution in [0, 0.1) is 5.92 Å². The number of urea groups is 1. The summed E-state index contributed by atoms with van der Waals surface area (Å²) in [5.41, 5.74) is 0. The van der Waals surface area contributed by atoms with E-state index in [0.29, 0.717) is 32.2 Å². The molecule has 1 aliphatic heterocycles. The highest BCUT2D eigenvalue weighted by Crippen LogP contribution is 2.23. The van der Waals surface area contributed by atoms with E-state index in [1.165, 1.54) is 0 Å². The Morgan fingerprint density at radius 3 is 3.08 bits per heavy atom. The minimum Gasteiger partial charge on any atom is -0.367 e. The second kappa shape index (κ2) is 7.76. The normalized spacial score (nSPS) is 18.1. The van der Waals surface area contributed by atoms with Gasteiger partial charge >= 0.3 is 6.03 Å². The van der Waals surface area contributed by atoms with Crippen LogP contribution in [0.3, 0.4) is 0 Å². The van der Waals surface area contributed by atoms with Gasteiger partial charge in [-0.25, -0.2) is 14.8 Å². The van der Waals surface area contributed by atoms with Gasteiger partial charge in [-0.3, -0.25) is 0 Å². The van der Waals surface area contributed by atoms with Gasteiger partial charge in [0, 0.05) is 37.1 Å². The summed E-state index contributed by atoms with van der Waals surface area (Å²) < 4.78 is 7.81. The zero-order valence-corrected chi connectivity index (χ0v) is 14.8. The second-order valence-corrected chi connectivity index (χ2v) is 7.15. The van der Waals surface area contributed by atoms with E-state index in [0.717, 1.165) is 17.4 Å². The number of imidazole rings is 1. The molecular formula is C16H23N5O2S. The van der Waals surface area contributed by atoms with Crippen molar-refractivity contribution in [3.05, 3.63) is 34.8 Å². The van der Waals surface area contributed by atoms with Crippen LogP contribution < -0.4 is 5.32 Å². The van der Waals surface area contributed by atoms with Crippen LogP contribution in [-0.2, 0) is 17.8 Å². The van der Waals surface area contributed by atoms with Crippen LogP contribution >= 0.6 is 11.3 Å². The number of ether oxygens (including phenoxy) is 1. The maximum Gasteiger partial charge on any atom is 0.317 e. The van der Waals surface area contributed by atoms with E-state index >= 15 is 0 Å². The van der Waals surface area contributed by atoms with E-state index in [1.807, 2.05) is 11.6 Å². The molecule has 130 valence electrons. The lowest BCUT2D eigenvalue weighted by atomic mass is 10.2. The average molecular weight is 349 g/mol. The van der Waals surface area contributed by atoms with Gasteiger partial charge in [-0.1, -0.05) is 13.8 Å². The molecule has 0 aromatic carbocycles. The Morgan fingerprint density at radius 2 is 2.33 bits per heavy atom. The first kappa shape index (κ1) is 16.9. The molecule has 2 aromatic heterocycles. The van der Waals surface area contributed by atoms with E-state index in [1.54, 1.807) is 28.6 Å².